The van der Waals surface area contributed by atoms with Crippen molar-refractivity contribution in [2.45, 2.75) is 57.4 Å². The number of nitriles is 1. The Morgan fingerprint density at radius 3 is 2.53 bits per heavy atom. The highest BCUT2D eigenvalue weighted by molar-refractivity contribution is 5.79. The molecule has 0 atom stereocenters. The molecule has 1 N–H and O–H groups in total. The standard InChI is InChI=1S/C15H25N3O/c1-13-5-9-18(10-6-13)11-14(19)17-15(12-16)7-3-2-4-8-15/h13H,2-11H2,1H3,(H,17,19). The molecule has 4 heteroatoms. The van der Waals surface area contributed by atoms with Gasteiger partial charge in [0.15, 0.2) is 0 Å². The molecular formula is C15H25N3O. The van der Waals surface area contributed by atoms with E-state index >= 15 is 0 Å². The van der Waals surface area contributed by atoms with E-state index in [9.17, 15) is 10.1 Å². The lowest BCUT2D eigenvalue weighted by molar-refractivity contribution is -0.124. The number of amides is 1. The van der Waals surface area contributed by atoms with Crippen LogP contribution in [0.4, 0.5) is 0 Å². The van der Waals surface area contributed by atoms with Gasteiger partial charge in [-0.05, 0) is 44.7 Å². The average Bonchev–Trinajstić information content (AvgIpc) is 2.42. The predicted octanol–water partition coefficient (Wildman–Crippen LogP) is 2.06. The Hall–Kier alpha value is -1.08. The lowest BCUT2D eigenvalue weighted by Gasteiger charge is -2.34. The molecule has 1 aliphatic heterocycles. The predicted molar refractivity (Wildman–Crippen MR) is 74.4 cm³/mol. The first-order valence-electron chi connectivity index (χ1n) is 7.58. The van der Waals surface area contributed by atoms with Crippen molar-refractivity contribution in [3.05, 3.63) is 0 Å². The first-order valence-corrected chi connectivity index (χ1v) is 7.58. The molecule has 0 radical (unpaired) electrons. The summed E-state index contributed by atoms with van der Waals surface area (Å²) in [6.07, 6.45) is 7.26. The van der Waals surface area contributed by atoms with E-state index in [1.54, 1.807) is 0 Å². The molecule has 1 saturated heterocycles. The zero-order valence-electron chi connectivity index (χ0n) is 12.0. The van der Waals surface area contributed by atoms with Crippen LogP contribution in [0.3, 0.4) is 0 Å². The van der Waals surface area contributed by atoms with Gasteiger partial charge in [0, 0.05) is 0 Å². The van der Waals surface area contributed by atoms with Crippen LogP contribution in [0.2, 0.25) is 0 Å². The molecular weight excluding hydrogens is 238 g/mol. The van der Waals surface area contributed by atoms with Gasteiger partial charge in [0.25, 0.3) is 0 Å². The zero-order chi connectivity index (χ0) is 13.7. The summed E-state index contributed by atoms with van der Waals surface area (Å²) in [6.45, 7) is 4.74. The fraction of sp³-hybridized carbons (Fsp3) is 0.867. The van der Waals surface area contributed by atoms with Crippen molar-refractivity contribution >= 4 is 5.91 Å². The van der Waals surface area contributed by atoms with Gasteiger partial charge in [-0.15, -0.1) is 0 Å². The second-order valence-corrected chi connectivity index (χ2v) is 6.26. The Morgan fingerprint density at radius 1 is 1.32 bits per heavy atom. The number of likely N-dealkylation sites (tertiary alicyclic amines) is 1. The number of hydrogen-bond donors (Lipinski definition) is 1. The highest BCUT2D eigenvalue weighted by Gasteiger charge is 2.33. The molecule has 0 spiro atoms. The average molecular weight is 263 g/mol. The maximum atomic E-state index is 12.1. The normalized spacial score (nSPS) is 24.6. The molecule has 19 heavy (non-hydrogen) atoms. The third-order valence-corrected chi connectivity index (χ3v) is 4.54. The number of piperidine rings is 1. The van der Waals surface area contributed by atoms with Gasteiger partial charge in [-0.25, -0.2) is 0 Å². The number of rotatable bonds is 3. The molecule has 106 valence electrons. The molecule has 4 nitrogen and oxygen atoms in total. The van der Waals surface area contributed by atoms with Crippen LogP contribution in [0.25, 0.3) is 0 Å². The third-order valence-electron chi connectivity index (χ3n) is 4.54. The van der Waals surface area contributed by atoms with E-state index < -0.39 is 5.54 Å². The van der Waals surface area contributed by atoms with E-state index in [-0.39, 0.29) is 5.91 Å². The Bertz CT molecular complexity index is 347. The molecule has 0 aromatic carbocycles. The van der Waals surface area contributed by atoms with Crippen molar-refractivity contribution in [3.63, 3.8) is 0 Å². The molecule has 2 rings (SSSR count). The topological polar surface area (TPSA) is 56.1 Å². The van der Waals surface area contributed by atoms with E-state index in [0.717, 1.165) is 44.7 Å². The van der Waals surface area contributed by atoms with Gasteiger partial charge in [-0.1, -0.05) is 26.2 Å². The van der Waals surface area contributed by atoms with Crippen LogP contribution < -0.4 is 5.32 Å². The lowest BCUT2D eigenvalue weighted by Crippen LogP contribution is -2.52. The van der Waals surface area contributed by atoms with Crippen LogP contribution >= 0.6 is 0 Å². The van der Waals surface area contributed by atoms with Crippen LogP contribution in [-0.4, -0.2) is 36.0 Å². The second-order valence-electron chi connectivity index (χ2n) is 6.26. The summed E-state index contributed by atoms with van der Waals surface area (Å²) in [4.78, 5) is 14.3. The summed E-state index contributed by atoms with van der Waals surface area (Å²) in [5.41, 5.74) is -0.585. The first-order chi connectivity index (χ1) is 9.13. The van der Waals surface area contributed by atoms with Crippen LogP contribution in [0, 0.1) is 17.2 Å². The summed E-state index contributed by atoms with van der Waals surface area (Å²) in [6, 6.07) is 2.34. The van der Waals surface area contributed by atoms with E-state index in [1.807, 2.05) is 0 Å². The van der Waals surface area contributed by atoms with Crippen LogP contribution in [0.5, 0.6) is 0 Å². The van der Waals surface area contributed by atoms with Crippen molar-refractivity contribution in [3.8, 4) is 6.07 Å². The highest BCUT2D eigenvalue weighted by atomic mass is 16.2. The fourth-order valence-electron chi connectivity index (χ4n) is 3.15. The molecule has 0 bridgehead atoms. The number of carbonyl (C=O) groups is 1. The van der Waals surface area contributed by atoms with E-state index in [1.165, 1.54) is 19.3 Å². The van der Waals surface area contributed by atoms with Crippen molar-refractivity contribution in [1.29, 1.82) is 5.26 Å². The molecule has 2 aliphatic rings. The van der Waals surface area contributed by atoms with Crippen molar-refractivity contribution in [1.82, 2.24) is 10.2 Å². The third kappa shape index (κ3) is 3.94. The van der Waals surface area contributed by atoms with Crippen molar-refractivity contribution in [2.24, 2.45) is 5.92 Å². The Labute approximate surface area is 116 Å². The van der Waals surface area contributed by atoms with Crippen LogP contribution in [0.1, 0.15) is 51.9 Å². The number of nitrogens with one attached hydrogen (secondary N) is 1. The zero-order valence-corrected chi connectivity index (χ0v) is 12.0. The first kappa shape index (κ1) is 14.3. The quantitative estimate of drug-likeness (QED) is 0.848. The largest absolute Gasteiger partial charge is 0.337 e. The minimum Gasteiger partial charge on any atom is -0.337 e. The summed E-state index contributed by atoms with van der Waals surface area (Å²) in [5, 5.41) is 12.4. The lowest BCUT2D eigenvalue weighted by atomic mass is 9.83. The Kier molecular flexibility index (Phi) is 4.81. The molecule has 1 aliphatic carbocycles. The minimum absolute atomic E-state index is 0.0259. The highest BCUT2D eigenvalue weighted by Crippen LogP contribution is 2.27. The van der Waals surface area contributed by atoms with Crippen molar-refractivity contribution < 1.29 is 4.79 Å². The monoisotopic (exact) mass is 263 g/mol. The summed E-state index contributed by atoms with van der Waals surface area (Å²) in [7, 11) is 0. The molecule has 1 saturated carbocycles. The SMILES string of the molecule is CC1CCN(CC(=O)NC2(C#N)CCCCC2)CC1. The summed E-state index contributed by atoms with van der Waals surface area (Å²) in [5.74, 6) is 0.807. The van der Waals surface area contributed by atoms with E-state index in [2.05, 4.69) is 23.2 Å². The van der Waals surface area contributed by atoms with Crippen LogP contribution in [-0.2, 0) is 4.79 Å². The maximum absolute atomic E-state index is 12.1. The number of nitrogens with zero attached hydrogens (tertiary/aromatic N) is 2. The van der Waals surface area contributed by atoms with Gasteiger partial charge in [0.05, 0.1) is 12.6 Å². The molecule has 0 aromatic rings. The van der Waals surface area contributed by atoms with Gasteiger partial charge >= 0.3 is 0 Å². The maximum Gasteiger partial charge on any atom is 0.235 e. The molecule has 1 heterocycles. The van der Waals surface area contributed by atoms with E-state index in [0.29, 0.717) is 6.54 Å². The Balaban J connectivity index is 1.81. The van der Waals surface area contributed by atoms with Gasteiger partial charge in [0.2, 0.25) is 5.91 Å². The fourth-order valence-corrected chi connectivity index (χ4v) is 3.15. The smallest absolute Gasteiger partial charge is 0.235 e. The number of carbonyl (C=O) groups excluding carboxylic acids is 1. The number of hydrogen-bond acceptors (Lipinski definition) is 3. The minimum atomic E-state index is -0.585. The van der Waals surface area contributed by atoms with Gasteiger partial charge in [-0.2, -0.15) is 5.26 Å². The molecule has 0 aromatic heterocycles. The van der Waals surface area contributed by atoms with Crippen LogP contribution in [0.15, 0.2) is 0 Å². The molecule has 1 amide bonds. The Morgan fingerprint density at radius 2 is 1.95 bits per heavy atom. The van der Waals surface area contributed by atoms with Gasteiger partial charge < -0.3 is 5.32 Å². The van der Waals surface area contributed by atoms with Gasteiger partial charge in [0.1, 0.15) is 5.54 Å². The summed E-state index contributed by atoms with van der Waals surface area (Å²) < 4.78 is 0. The second kappa shape index (κ2) is 6.38. The van der Waals surface area contributed by atoms with Crippen molar-refractivity contribution in [2.75, 3.05) is 19.6 Å². The van der Waals surface area contributed by atoms with E-state index in [4.69, 9.17) is 0 Å². The molecule has 2 fully saturated rings. The van der Waals surface area contributed by atoms with Gasteiger partial charge in [-0.3, -0.25) is 9.69 Å². The summed E-state index contributed by atoms with van der Waals surface area (Å²) >= 11 is 0. The molecule has 0 unspecified atom stereocenters.